The first-order valence-corrected chi connectivity index (χ1v) is 9.96. The summed E-state index contributed by atoms with van der Waals surface area (Å²) in [4.78, 5) is 17.0. The maximum absolute atomic E-state index is 12.5. The Morgan fingerprint density at radius 2 is 1.67 bits per heavy atom. The van der Waals surface area contributed by atoms with E-state index < -0.39 is 0 Å². The third kappa shape index (κ3) is 4.96. The SMILES string of the molecule is CCCN(CCC)c1ccc(C(=O)Nc2ccc(N3CCCC3)cc2)nn1. The van der Waals surface area contributed by atoms with Crippen molar-refractivity contribution in [1.29, 1.82) is 0 Å². The van der Waals surface area contributed by atoms with Crippen molar-refractivity contribution in [3.8, 4) is 0 Å². The van der Waals surface area contributed by atoms with Crippen LogP contribution in [0.3, 0.4) is 0 Å². The number of anilines is 3. The van der Waals surface area contributed by atoms with Crippen molar-refractivity contribution >= 4 is 23.1 Å². The largest absolute Gasteiger partial charge is 0.372 e. The fourth-order valence-corrected chi connectivity index (χ4v) is 3.42. The standard InChI is InChI=1S/C21H29N5O/c1-3-13-26(14-4-2)20-12-11-19(23-24-20)21(27)22-17-7-9-18(10-8-17)25-15-5-6-16-25/h7-12H,3-6,13-16H2,1-2H3,(H,22,27). The molecule has 6 nitrogen and oxygen atoms in total. The van der Waals surface area contributed by atoms with Gasteiger partial charge in [0.1, 0.15) is 0 Å². The zero-order valence-corrected chi connectivity index (χ0v) is 16.3. The molecule has 0 spiro atoms. The number of amides is 1. The average molecular weight is 367 g/mol. The highest BCUT2D eigenvalue weighted by molar-refractivity contribution is 6.02. The normalized spacial score (nSPS) is 13.6. The van der Waals surface area contributed by atoms with Crippen molar-refractivity contribution < 1.29 is 4.79 Å². The molecule has 144 valence electrons. The summed E-state index contributed by atoms with van der Waals surface area (Å²) in [5.41, 5.74) is 2.31. The minimum atomic E-state index is -0.236. The maximum Gasteiger partial charge on any atom is 0.276 e. The number of nitrogens with zero attached hydrogens (tertiary/aromatic N) is 4. The van der Waals surface area contributed by atoms with E-state index in [0.29, 0.717) is 5.69 Å². The Morgan fingerprint density at radius 3 is 2.22 bits per heavy atom. The molecule has 2 heterocycles. The fourth-order valence-electron chi connectivity index (χ4n) is 3.42. The van der Waals surface area contributed by atoms with E-state index in [1.807, 2.05) is 18.2 Å². The Hall–Kier alpha value is -2.63. The van der Waals surface area contributed by atoms with Crippen LogP contribution in [-0.4, -0.2) is 42.3 Å². The number of nitrogens with one attached hydrogen (secondary N) is 1. The predicted octanol–water partition coefficient (Wildman–Crippen LogP) is 3.96. The van der Waals surface area contributed by atoms with E-state index in [9.17, 15) is 4.79 Å². The van der Waals surface area contributed by atoms with Gasteiger partial charge in [-0.2, -0.15) is 0 Å². The van der Waals surface area contributed by atoms with Gasteiger partial charge in [0.15, 0.2) is 11.5 Å². The summed E-state index contributed by atoms with van der Waals surface area (Å²) in [6, 6.07) is 11.6. The predicted molar refractivity (Wildman–Crippen MR) is 111 cm³/mol. The van der Waals surface area contributed by atoms with Gasteiger partial charge in [0.25, 0.3) is 5.91 Å². The lowest BCUT2D eigenvalue weighted by molar-refractivity contribution is 0.102. The molecule has 1 aliphatic rings. The molecule has 0 aliphatic carbocycles. The molecule has 3 rings (SSSR count). The maximum atomic E-state index is 12.5. The van der Waals surface area contributed by atoms with Crippen molar-refractivity contribution in [3.63, 3.8) is 0 Å². The molecule has 1 fully saturated rings. The molecule has 2 aromatic rings. The van der Waals surface area contributed by atoms with Gasteiger partial charge in [0.2, 0.25) is 0 Å². The van der Waals surface area contributed by atoms with E-state index in [4.69, 9.17) is 0 Å². The highest BCUT2D eigenvalue weighted by Crippen LogP contribution is 2.22. The molecule has 27 heavy (non-hydrogen) atoms. The second-order valence-electron chi connectivity index (χ2n) is 6.96. The van der Waals surface area contributed by atoms with Crippen molar-refractivity contribution in [3.05, 3.63) is 42.1 Å². The topological polar surface area (TPSA) is 61.4 Å². The molecule has 0 atom stereocenters. The summed E-state index contributed by atoms with van der Waals surface area (Å²) in [6.45, 7) is 8.40. The highest BCUT2D eigenvalue weighted by Gasteiger charge is 2.14. The summed E-state index contributed by atoms with van der Waals surface area (Å²) >= 11 is 0. The van der Waals surface area contributed by atoms with Crippen LogP contribution in [0.4, 0.5) is 17.2 Å². The molecule has 0 unspecified atom stereocenters. The quantitative estimate of drug-likeness (QED) is 0.765. The average Bonchev–Trinajstić information content (AvgIpc) is 3.23. The molecule has 0 saturated carbocycles. The summed E-state index contributed by atoms with van der Waals surface area (Å²) < 4.78 is 0. The molecular formula is C21H29N5O. The van der Waals surface area contributed by atoms with Gasteiger partial charge in [-0.05, 0) is 62.1 Å². The van der Waals surface area contributed by atoms with E-state index in [1.165, 1.54) is 18.5 Å². The van der Waals surface area contributed by atoms with Gasteiger partial charge in [-0.25, -0.2) is 0 Å². The minimum absolute atomic E-state index is 0.236. The van der Waals surface area contributed by atoms with E-state index in [2.05, 4.69) is 51.3 Å². The lowest BCUT2D eigenvalue weighted by Gasteiger charge is -2.21. The Bertz CT molecular complexity index is 717. The van der Waals surface area contributed by atoms with Gasteiger partial charge >= 0.3 is 0 Å². The van der Waals surface area contributed by atoms with Crippen LogP contribution >= 0.6 is 0 Å². The number of carbonyl (C=O) groups is 1. The van der Waals surface area contributed by atoms with Crippen LogP contribution in [0.5, 0.6) is 0 Å². The van der Waals surface area contributed by atoms with Gasteiger partial charge < -0.3 is 15.1 Å². The first-order valence-electron chi connectivity index (χ1n) is 9.96. The first-order chi connectivity index (χ1) is 13.2. The lowest BCUT2D eigenvalue weighted by atomic mass is 10.2. The van der Waals surface area contributed by atoms with Crippen LogP contribution in [0.15, 0.2) is 36.4 Å². The van der Waals surface area contributed by atoms with Crippen LogP contribution in [0.1, 0.15) is 50.0 Å². The molecule has 1 aromatic carbocycles. The monoisotopic (exact) mass is 367 g/mol. The second kappa shape index (κ2) is 9.35. The zero-order valence-electron chi connectivity index (χ0n) is 16.3. The third-order valence-electron chi connectivity index (χ3n) is 4.79. The van der Waals surface area contributed by atoms with Crippen molar-refractivity contribution in [1.82, 2.24) is 10.2 Å². The van der Waals surface area contributed by atoms with E-state index in [1.54, 1.807) is 6.07 Å². The molecule has 1 amide bonds. The van der Waals surface area contributed by atoms with Gasteiger partial charge in [0.05, 0.1) is 0 Å². The van der Waals surface area contributed by atoms with Crippen LogP contribution in [0, 0.1) is 0 Å². The zero-order chi connectivity index (χ0) is 19.1. The van der Waals surface area contributed by atoms with Crippen LogP contribution < -0.4 is 15.1 Å². The van der Waals surface area contributed by atoms with Crippen LogP contribution in [0.2, 0.25) is 0 Å². The Labute approximate surface area is 161 Å². The van der Waals surface area contributed by atoms with Crippen LogP contribution in [0.25, 0.3) is 0 Å². The van der Waals surface area contributed by atoms with Gasteiger partial charge in [-0.3, -0.25) is 4.79 Å². The number of aromatic nitrogens is 2. The van der Waals surface area contributed by atoms with Gasteiger partial charge in [-0.15, -0.1) is 10.2 Å². The summed E-state index contributed by atoms with van der Waals surface area (Å²) in [7, 11) is 0. The highest BCUT2D eigenvalue weighted by atomic mass is 16.1. The first kappa shape index (κ1) is 19.1. The molecule has 6 heteroatoms. The second-order valence-corrected chi connectivity index (χ2v) is 6.96. The van der Waals surface area contributed by atoms with Crippen molar-refractivity contribution in [2.45, 2.75) is 39.5 Å². The van der Waals surface area contributed by atoms with Crippen LogP contribution in [-0.2, 0) is 0 Å². The molecule has 0 bridgehead atoms. The number of hydrogen-bond donors (Lipinski definition) is 1. The Morgan fingerprint density at radius 1 is 1.00 bits per heavy atom. The van der Waals surface area contributed by atoms with E-state index >= 15 is 0 Å². The lowest BCUT2D eigenvalue weighted by Crippen LogP contribution is -2.26. The molecule has 1 saturated heterocycles. The van der Waals surface area contributed by atoms with Crippen molar-refractivity contribution in [2.24, 2.45) is 0 Å². The minimum Gasteiger partial charge on any atom is -0.372 e. The number of carbonyl (C=O) groups excluding carboxylic acids is 1. The number of hydrogen-bond acceptors (Lipinski definition) is 5. The molecule has 0 radical (unpaired) electrons. The third-order valence-corrected chi connectivity index (χ3v) is 4.79. The smallest absolute Gasteiger partial charge is 0.276 e. The molecule has 1 aromatic heterocycles. The molecular weight excluding hydrogens is 338 g/mol. The number of benzene rings is 1. The van der Waals surface area contributed by atoms with Gasteiger partial charge in [-0.1, -0.05) is 13.8 Å². The summed E-state index contributed by atoms with van der Waals surface area (Å²) in [5.74, 6) is 0.589. The fraction of sp³-hybridized carbons (Fsp3) is 0.476. The van der Waals surface area contributed by atoms with E-state index in [-0.39, 0.29) is 5.91 Å². The molecule has 1 aliphatic heterocycles. The van der Waals surface area contributed by atoms with E-state index in [0.717, 1.165) is 50.5 Å². The van der Waals surface area contributed by atoms with Gasteiger partial charge in [0, 0.05) is 37.6 Å². The number of rotatable bonds is 8. The summed E-state index contributed by atoms with van der Waals surface area (Å²) in [6.07, 6.45) is 4.61. The Kier molecular flexibility index (Phi) is 6.63. The van der Waals surface area contributed by atoms with Crippen molar-refractivity contribution in [2.75, 3.05) is 41.3 Å². The molecule has 1 N–H and O–H groups in total. The summed E-state index contributed by atoms with van der Waals surface area (Å²) in [5, 5.41) is 11.3. The Balaban J connectivity index is 1.62.